The standard InChI is InChI=1S/C25H25N3O2/c29-25(26-15-14-19-9-5-8-18-7-1-2-11-21(18)19)28-16-6-10-20(17-28)24-27-22-12-3-4-13-23(22)30-24/h1-5,7-9,11-13,20H,6,10,14-17H2,(H,26,29). The number of piperidine rings is 1. The molecule has 2 amide bonds. The molecule has 30 heavy (non-hydrogen) atoms. The summed E-state index contributed by atoms with van der Waals surface area (Å²) in [6.45, 7) is 2.04. The van der Waals surface area contributed by atoms with Gasteiger partial charge in [-0.05, 0) is 47.7 Å². The largest absolute Gasteiger partial charge is 0.440 e. The van der Waals surface area contributed by atoms with Crippen LogP contribution in [0.5, 0.6) is 0 Å². The summed E-state index contributed by atoms with van der Waals surface area (Å²) in [5.41, 5.74) is 2.95. The number of para-hydroxylation sites is 2. The fourth-order valence-corrected chi connectivity index (χ4v) is 4.35. The number of nitrogens with one attached hydrogen (secondary N) is 1. The Balaban J connectivity index is 1.20. The molecule has 5 heteroatoms. The lowest BCUT2D eigenvalue weighted by atomic mass is 9.98. The molecule has 4 aromatic rings. The lowest BCUT2D eigenvalue weighted by Crippen LogP contribution is -2.45. The van der Waals surface area contributed by atoms with E-state index in [2.05, 4.69) is 52.8 Å². The van der Waals surface area contributed by atoms with Gasteiger partial charge in [0.1, 0.15) is 5.52 Å². The third-order valence-electron chi connectivity index (χ3n) is 5.92. The number of urea groups is 1. The smallest absolute Gasteiger partial charge is 0.317 e. The van der Waals surface area contributed by atoms with Crippen molar-refractivity contribution in [3.63, 3.8) is 0 Å². The van der Waals surface area contributed by atoms with E-state index in [1.54, 1.807) is 0 Å². The number of amides is 2. The van der Waals surface area contributed by atoms with E-state index >= 15 is 0 Å². The van der Waals surface area contributed by atoms with Crippen molar-refractivity contribution in [3.8, 4) is 0 Å². The molecule has 1 saturated heterocycles. The average Bonchev–Trinajstić information content (AvgIpc) is 3.24. The molecule has 0 bridgehead atoms. The molecule has 1 fully saturated rings. The molecule has 152 valence electrons. The van der Waals surface area contributed by atoms with E-state index in [4.69, 9.17) is 4.42 Å². The van der Waals surface area contributed by atoms with Crippen molar-refractivity contribution in [3.05, 3.63) is 78.2 Å². The lowest BCUT2D eigenvalue weighted by molar-refractivity contribution is 0.175. The summed E-state index contributed by atoms with van der Waals surface area (Å²) >= 11 is 0. The van der Waals surface area contributed by atoms with E-state index in [1.807, 2.05) is 29.2 Å². The molecular formula is C25H25N3O2. The maximum absolute atomic E-state index is 12.8. The molecule has 1 N–H and O–H groups in total. The minimum atomic E-state index is -0.00366. The maximum atomic E-state index is 12.8. The predicted octanol–water partition coefficient (Wildman–Crippen LogP) is 5.11. The summed E-state index contributed by atoms with van der Waals surface area (Å²) in [6.07, 6.45) is 2.77. The number of likely N-dealkylation sites (tertiary alicyclic amines) is 1. The second kappa shape index (κ2) is 8.19. The highest BCUT2D eigenvalue weighted by atomic mass is 16.3. The molecule has 1 aliphatic heterocycles. The van der Waals surface area contributed by atoms with Crippen LogP contribution >= 0.6 is 0 Å². The highest BCUT2D eigenvalue weighted by molar-refractivity contribution is 5.85. The average molecular weight is 399 g/mol. The second-order valence-electron chi connectivity index (χ2n) is 7.93. The number of rotatable bonds is 4. The van der Waals surface area contributed by atoms with Gasteiger partial charge in [-0.15, -0.1) is 0 Å². The first kappa shape index (κ1) is 18.7. The molecule has 5 rings (SSSR count). The first-order valence-corrected chi connectivity index (χ1v) is 10.6. The number of hydrogen-bond donors (Lipinski definition) is 1. The Hall–Kier alpha value is -3.34. The zero-order valence-electron chi connectivity index (χ0n) is 16.9. The number of aromatic nitrogens is 1. The van der Waals surface area contributed by atoms with Crippen molar-refractivity contribution >= 4 is 27.9 Å². The van der Waals surface area contributed by atoms with Crippen molar-refractivity contribution in [2.24, 2.45) is 0 Å². The maximum Gasteiger partial charge on any atom is 0.317 e. The number of carbonyl (C=O) groups is 1. The van der Waals surface area contributed by atoms with Crippen LogP contribution < -0.4 is 5.32 Å². The molecule has 0 spiro atoms. The van der Waals surface area contributed by atoms with Crippen LogP contribution in [-0.4, -0.2) is 35.5 Å². The van der Waals surface area contributed by atoms with Crippen molar-refractivity contribution in [2.75, 3.05) is 19.6 Å². The molecule has 1 unspecified atom stereocenters. The Morgan fingerprint density at radius 2 is 1.90 bits per heavy atom. The Kier molecular flexibility index (Phi) is 5.10. The van der Waals surface area contributed by atoms with E-state index in [0.717, 1.165) is 42.8 Å². The molecule has 0 radical (unpaired) electrons. The molecule has 1 atom stereocenters. The third kappa shape index (κ3) is 3.75. The molecule has 1 aliphatic rings. The Morgan fingerprint density at radius 3 is 2.83 bits per heavy atom. The van der Waals surface area contributed by atoms with Crippen molar-refractivity contribution in [1.82, 2.24) is 15.2 Å². The zero-order valence-corrected chi connectivity index (χ0v) is 16.9. The van der Waals surface area contributed by atoms with E-state index in [9.17, 15) is 4.79 Å². The monoisotopic (exact) mass is 399 g/mol. The second-order valence-corrected chi connectivity index (χ2v) is 7.93. The fourth-order valence-electron chi connectivity index (χ4n) is 4.35. The fraction of sp³-hybridized carbons (Fsp3) is 0.280. The number of hydrogen-bond acceptors (Lipinski definition) is 3. The van der Waals surface area contributed by atoms with Crippen LogP contribution in [0.2, 0.25) is 0 Å². The van der Waals surface area contributed by atoms with Crippen LogP contribution in [0.25, 0.3) is 21.9 Å². The van der Waals surface area contributed by atoms with E-state index < -0.39 is 0 Å². The lowest BCUT2D eigenvalue weighted by Gasteiger charge is -2.31. The first-order valence-electron chi connectivity index (χ1n) is 10.6. The van der Waals surface area contributed by atoms with Gasteiger partial charge in [-0.3, -0.25) is 0 Å². The summed E-state index contributed by atoms with van der Waals surface area (Å²) in [6, 6.07) is 22.5. The van der Waals surface area contributed by atoms with Gasteiger partial charge in [-0.25, -0.2) is 9.78 Å². The van der Waals surface area contributed by atoms with Crippen LogP contribution in [0.1, 0.15) is 30.2 Å². The normalized spacial score (nSPS) is 16.8. The van der Waals surface area contributed by atoms with Gasteiger partial charge in [0.2, 0.25) is 0 Å². The van der Waals surface area contributed by atoms with Crippen molar-refractivity contribution < 1.29 is 9.21 Å². The molecule has 0 saturated carbocycles. The van der Waals surface area contributed by atoms with Crippen LogP contribution in [-0.2, 0) is 6.42 Å². The highest BCUT2D eigenvalue weighted by Crippen LogP contribution is 2.29. The Bertz CT molecular complexity index is 1140. The van der Waals surface area contributed by atoms with Gasteiger partial charge in [-0.2, -0.15) is 0 Å². The minimum Gasteiger partial charge on any atom is -0.440 e. The highest BCUT2D eigenvalue weighted by Gasteiger charge is 2.28. The topological polar surface area (TPSA) is 58.4 Å². The number of fused-ring (bicyclic) bond motifs is 2. The van der Waals surface area contributed by atoms with E-state index in [1.165, 1.54) is 16.3 Å². The summed E-state index contributed by atoms with van der Waals surface area (Å²) in [5, 5.41) is 5.59. The van der Waals surface area contributed by atoms with Crippen LogP contribution in [0.4, 0.5) is 4.79 Å². The quantitative estimate of drug-likeness (QED) is 0.519. The molecule has 3 aromatic carbocycles. The number of nitrogens with zero attached hydrogens (tertiary/aromatic N) is 2. The SMILES string of the molecule is O=C(NCCc1cccc2ccccc12)N1CCCC(c2nc3ccccc3o2)C1. The summed E-state index contributed by atoms with van der Waals surface area (Å²) in [7, 11) is 0. The molecule has 0 aliphatic carbocycles. The van der Waals surface area contributed by atoms with Gasteiger partial charge in [0.15, 0.2) is 11.5 Å². The number of carbonyl (C=O) groups excluding carboxylic acids is 1. The molecule has 2 heterocycles. The number of benzene rings is 3. The minimum absolute atomic E-state index is 0.00366. The van der Waals surface area contributed by atoms with Gasteiger partial charge in [0, 0.05) is 19.6 Å². The number of oxazole rings is 1. The van der Waals surface area contributed by atoms with E-state index in [0.29, 0.717) is 13.1 Å². The summed E-state index contributed by atoms with van der Waals surface area (Å²) in [5.74, 6) is 0.888. The van der Waals surface area contributed by atoms with Gasteiger partial charge >= 0.3 is 6.03 Å². The summed E-state index contributed by atoms with van der Waals surface area (Å²) < 4.78 is 5.95. The van der Waals surface area contributed by atoms with Crippen LogP contribution in [0.15, 0.2) is 71.1 Å². The van der Waals surface area contributed by atoms with Crippen LogP contribution in [0.3, 0.4) is 0 Å². The zero-order chi connectivity index (χ0) is 20.3. The first-order chi connectivity index (χ1) is 14.8. The Morgan fingerprint density at radius 1 is 1.07 bits per heavy atom. The van der Waals surface area contributed by atoms with Crippen molar-refractivity contribution in [2.45, 2.75) is 25.2 Å². The third-order valence-corrected chi connectivity index (χ3v) is 5.92. The van der Waals surface area contributed by atoms with Gasteiger partial charge in [0.25, 0.3) is 0 Å². The molecule has 5 nitrogen and oxygen atoms in total. The molecular weight excluding hydrogens is 374 g/mol. The summed E-state index contributed by atoms with van der Waals surface area (Å²) in [4.78, 5) is 19.3. The van der Waals surface area contributed by atoms with E-state index in [-0.39, 0.29) is 11.9 Å². The van der Waals surface area contributed by atoms with Crippen LogP contribution in [0, 0.1) is 0 Å². The van der Waals surface area contributed by atoms with Crippen molar-refractivity contribution in [1.29, 1.82) is 0 Å². The molecule has 1 aromatic heterocycles. The Labute approximate surface area is 175 Å². The van der Waals surface area contributed by atoms with Gasteiger partial charge in [-0.1, -0.05) is 54.6 Å². The van der Waals surface area contributed by atoms with Gasteiger partial charge < -0.3 is 14.6 Å². The predicted molar refractivity (Wildman–Crippen MR) is 119 cm³/mol. The van der Waals surface area contributed by atoms with Gasteiger partial charge in [0.05, 0.1) is 5.92 Å².